The van der Waals surface area contributed by atoms with E-state index in [1.807, 2.05) is 0 Å². The highest BCUT2D eigenvalue weighted by molar-refractivity contribution is 6.31. The number of benzene rings is 1. The normalized spacial score (nSPS) is 12.2. The van der Waals surface area contributed by atoms with E-state index in [-0.39, 0.29) is 11.5 Å². The van der Waals surface area contributed by atoms with E-state index in [0.717, 1.165) is 6.20 Å². The molecule has 0 saturated heterocycles. The molecule has 1 aromatic carbocycles. The van der Waals surface area contributed by atoms with Gasteiger partial charge in [0.2, 0.25) is 0 Å². The highest BCUT2D eigenvalue weighted by Crippen LogP contribution is 2.27. The first kappa shape index (κ1) is 19.3. The number of carboxylic acid groups (broad SMARTS) is 1. The van der Waals surface area contributed by atoms with Gasteiger partial charge in [0.1, 0.15) is 23.4 Å². The number of carbonyl (C=O) groups is 2. The van der Waals surface area contributed by atoms with Crippen molar-refractivity contribution in [2.75, 3.05) is 12.4 Å². The molecule has 0 fully saturated rings. The second-order valence-electron chi connectivity index (χ2n) is 5.20. The van der Waals surface area contributed by atoms with Crippen LogP contribution in [0, 0.1) is 17.2 Å². The van der Waals surface area contributed by atoms with Crippen LogP contribution in [0.2, 0.25) is 5.02 Å². The Hall–Kier alpha value is -2.72. The Morgan fingerprint density at radius 2 is 2.08 bits per heavy atom. The van der Waals surface area contributed by atoms with Crippen molar-refractivity contribution in [3.05, 3.63) is 35.0 Å². The third-order valence-electron chi connectivity index (χ3n) is 3.11. The van der Waals surface area contributed by atoms with Crippen molar-refractivity contribution in [1.82, 2.24) is 5.32 Å². The Labute approximate surface area is 144 Å². The van der Waals surface area contributed by atoms with E-state index in [4.69, 9.17) is 26.7 Å². The lowest BCUT2D eigenvalue weighted by molar-refractivity contribution is -0.140. The minimum absolute atomic E-state index is 0.227. The van der Waals surface area contributed by atoms with Crippen LogP contribution in [0.1, 0.15) is 13.8 Å². The molecule has 24 heavy (non-hydrogen) atoms. The van der Waals surface area contributed by atoms with Crippen LogP contribution in [-0.2, 0) is 9.59 Å². The zero-order valence-electron chi connectivity index (χ0n) is 13.5. The molecule has 1 amide bonds. The number of halogens is 1. The fraction of sp³-hybridized carbons (Fsp3) is 0.312. The Morgan fingerprint density at radius 3 is 2.58 bits per heavy atom. The van der Waals surface area contributed by atoms with Gasteiger partial charge in [0, 0.05) is 11.2 Å². The quantitative estimate of drug-likeness (QED) is 0.513. The van der Waals surface area contributed by atoms with Crippen molar-refractivity contribution in [1.29, 1.82) is 5.26 Å². The summed E-state index contributed by atoms with van der Waals surface area (Å²) in [5.41, 5.74) is 0.0266. The minimum atomic E-state index is -1.07. The maximum Gasteiger partial charge on any atom is 0.326 e. The smallest absolute Gasteiger partial charge is 0.326 e. The fourth-order valence-electron chi connectivity index (χ4n) is 1.84. The molecule has 7 nitrogen and oxygen atoms in total. The molecule has 0 radical (unpaired) electrons. The van der Waals surface area contributed by atoms with Crippen molar-refractivity contribution in [2.45, 2.75) is 19.9 Å². The standard InChI is InChI=1S/C16H18ClN3O4/c1-9(2)14(16(22)23)19-8-10(7-18)15(21)20-12-6-11(17)4-5-13(12)24-3/h4-6,8-9,14,19H,1-3H3,(H,20,21)(H,22,23)/b10-8-. The number of methoxy groups -OCH3 is 1. The summed E-state index contributed by atoms with van der Waals surface area (Å²) in [6.07, 6.45) is 1.09. The molecule has 0 saturated carbocycles. The van der Waals surface area contributed by atoms with Crippen LogP contribution in [-0.4, -0.2) is 30.1 Å². The summed E-state index contributed by atoms with van der Waals surface area (Å²) in [7, 11) is 1.43. The van der Waals surface area contributed by atoms with E-state index in [1.165, 1.54) is 13.2 Å². The number of nitriles is 1. The Morgan fingerprint density at radius 1 is 1.42 bits per heavy atom. The molecule has 8 heteroatoms. The molecule has 0 heterocycles. The summed E-state index contributed by atoms with van der Waals surface area (Å²) in [4.78, 5) is 23.3. The Bertz CT molecular complexity index is 695. The fourth-order valence-corrected chi connectivity index (χ4v) is 2.01. The van der Waals surface area contributed by atoms with Gasteiger partial charge < -0.3 is 20.5 Å². The van der Waals surface area contributed by atoms with Crippen LogP contribution < -0.4 is 15.4 Å². The second-order valence-corrected chi connectivity index (χ2v) is 5.63. The number of carbonyl (C=O) groups excluding carboxylic acids is 1. The second kappa shape index (κ2) is 8.79. The topological polar surface area (TPSA) is 111 Å². The number of nitrogens with one attached hydrogen (secondary N) is 2. The molecule has 3 N–H and O–H groups in total. The van der Waals surface area contributed by atoms with Crippen molar-refractivity contribution < 1.29 is 19.4 Å². The lowest BCUT2D eigenvalue weighted by atomic mass is 10.1. The molecule has 0 aliphatic carbocycles. The van der Waals surface area contributed by atoms with E-state index >= 15 is 0 Å². The number of hydrogen-bond donors (Lipinski definition) is 3. The first-order valence-corrected chi connectivity index (χ1v) is 7.42. The summed E-state index contributed by atoms with van der Waals surface area (Å²) < 4.78 is 5.11. The zero-order valence-corrected chi connectivity index (χ0v) is 14.2. The molecule has 1 unspecified atom stereocenters. The maximum atomic E-state index is 12.2. The molecule has 128 valence electrons. The van der Waals surface area contributed by atoms with Crippen molar-refractivity contribution in [3.8, 4) is 11.8 Å². The Kier molecular flexibility index (Phi) is 7.08. The van der Waals surface area contributed by atoms with Gasteiger partial charge in [0.05, 0.1) is 12.8 Å². The average molecular weight is 352 g/mol. The SMILES string of the molecule is COc1ccc(Cl)cc1NC(=O)/C(C#N)=C\NC(C(=O)O)C(C)C. The lowest BCUT2D eigenvalue weighted by Gasteiger charge is -2.16. The van der Waals surface area contributed by atoms with E-state index in [1.54, 1.807) is 32.0 Å². The first-order chi connectivity index (χ1) is 11.3. The molecule has 1 atom stereocenters. The summed E-state index contributed by atoms with van der Waals surface area (Å²) in [6, 6.07) is 5.46. The van der Waals surface area contributed by atoms with Gasteiger partial charge in [-0.3, -0.25) is 4.79 Å². The van der Waals surface area contributed by atoms with Gasteiger partial charge in [-0.15, -0.1) is 0 Å². The lowest BCUT2D eigenvalue weighted by Crippen LogP contribution is -2.38. The Balaban J connectivity index is 2.95. The predicted octanol–water partition coefficient (Wildman–Crippen LogP) is 2.39. The summed E-state index contributed by atoms with van der Waals surface area (Å²) in [5, 5.41) is 23.7. The van der Waals surface area contributed by atoms with Crippen molar-refractivity contribution in [3.63, 3.8) is 0 Å². The summed E-state index contributed by atoms with van der Waals surface area (Å²) in [6.45, 7) is 3.42. The highest BCUT2D eigenvalue weighted by Gasteiger charge is 2.21. The van der Waals surface area contributed by atoms with Gasteiger partial charge in [-0.25, -0.2) is 4.79 Å². The molecule has 0 bridgehead atoms. The minimum Gasteiger partial charge on any atom is -0.495 e. The van der Waals surface area contributed by atoms with Gasteiger partial charge in [-0.2, -0.15) is 5.26 Å². The number of hydrogen-bond acceptors (Lipinski definition) is 5. The van der Waals surface area contributed by atoms with Crippen LogP contribution >= 0.6 is 11.6 Å². The molecule has 0 spiro atoms. The van der Waals surface area contributed by atoms with Gasteiger partial charge in [-0.1, -0.05) is 25.4 Å². The largest absolute Gasteiger partial charge is 0.495 e. The van der Waals surface area contributed by atoms with Crippen molar-refractivity contribution >= 4 is 29.2 Å². The van der Waals surface area contributed by atoms with Crippen LogP contribution in [0.4, 0.5) is 5.69 Å². The molecule has 0 aliphatic rings. The van der Waals surface area contributed by atoms with Gasteiger partial charge in [-0.05, 0) is 24.1 Å². The van der Waals surface area contributed by atoms with Crippen LogP contribution in [0.3, 0.4) is 0 Å². The van der Waals surface area contributed by atoms with E-state index in [0.29, 0.717) is 16.5 Å². The maximum absolute atomic E-state index is 12.2. The monoisotopic (exact) mass is 351 g/mol. The summed E-state index contributed by atoms with van der Waals surface area (Å²) >= 11 is 5.88. The molecule has 1 aromatic rings. The van der Waals surface area contributed by atoms with Gasteiger partial charge >= 0.3 is 5.97 Å². The number of amides is 1. The third kappa shape index (κ3) is 5.18. The number of ether oxygens (including phenoxy) is 1. The predicted molar refractivity (Wildman–Crippen MR) is 89.7 cm³/mol. The van der Waals surface area contributed by atoms with E-state index in [2.05, 4.69) is 10.6 Å². The number of carboxylic acids is 1. The van der Waals surface area contributed by atoms with E-state index in [9.17, 15) is 9.59 Å². The first-order valence-electron chi connectivity index (χ1n) is 7.04. The molecule has 0 aliphatic heterocycles. The van der Waals surface area contributed by atoms with Gasteiger partial charge in [0.15, 0.2) is 0 Å². The average Bonchev–Trinajstić information content (AvgIpc) is 2.50. The number of aliphatic carboxylic acids is 1. The number of rotatable bonds is 7. The number of anilines is 1. The number of nitrogens with zero attached hydrogens (tertiary/aromatic N) is 1. The third-order valence-corrected chi connectivity index (χ3v) is 3.35. The van der Waals surface area contributed by atoms with Gasteiger partial charge in [0.25, 0.3) is 5.91 Å². The van der Waals surface area contributed by atoms with E-state index < -0.39 is 17.9 Å². The van der Waals surface area contributed by atoms with Crippen LogP contribution in [0.25, 0.3) is 0 Å². The van der Waals surface area contributed by atoms with Crippen LogP contribution in [0.5, 0.6) is 5.75 Å². The van der Waals surface area contributed by atoms with Crippen molar-refractivity contribution in [2.24, 2.45) is 5.92 Å². The molecular weight excluding hydrogens is 334 g/mol. The molecular formula is C16H18ClN3O4. The highest BCUT2D eigenvalue weighted by atomic mass is 35.5. The molecule has 0 aromatic heterocycles. The zero-order chi connectivity index (χ0) is 18.3. The summed E-state index contributed by atoms with van der Waals surface area (Å²) in [5.74, 6) is -1.63. The van der Waals surface area contributed by atoms with Crippen LogP contribution in [0.15, 0.2) is 30.0 Å². The molecule has 1 rings (SSSR count).